The predicted octanol–water partition coefficient (Wildman–Crippen LogP) is 0.229. The quantitative estimate of drug-likeness (QED) is 0.559. The van der Waals surface area contributed by atoms with Crippen LogP contribution in [0, 0.1) is 0 Å². The van der Waals surface area contributed by atoms with Crippen LogP contribution in [0.25, 0.3) is 0 Å². The van der Waals surface area contributed by atoms with Gasteiger partial charge in [-0.1, -0.05) is 5.21 Å². The number of hydrogen-bond donors (Lipinski definition) is 2. The lowest BCUT2D eigenvalue weighted by Gasteiger charge is -2.06. The zero-order valence-electron chi connectivity index (χ0n) is 6.59. The van der Waals surface area contributed by atoms with Crippen LogP contribution in [-0.4, -0.2) is 21.5 Å². The lowest BCUT2D eigenvalue weighted by Crippen LogP contribution is -2.23. The Hall–Kier alpha value is -0.900. The molecule has 0 spiro atoms. The van der Waals surface area contributed by atoms with E-state index < -0.39 is 0 Å². The smallest absolute Gasteiger partial charge is 0.0870 e. The van der Waals surface area contributed by atoms with E-state index in [4.69, 9.17) is 0 Å². The van der Waals surface area contributed by atoms with Crippen LogP contribution in [0.2, 0.25) is 0 Å². The van der Waals surface area contributed by atoms with E-state index in [1.54, 1.807) is 0 Å². The summed E-state index contributed by atoms with van der Waals surface area (Å²) in [5, 5.41) is 14.0. The van der Waals surface area contributed by atoms with E-state index in [0.717, 1.165) is 30.8 Å². The Kier molecular flexibility index (Phi) is 1.62. The Balaban J connectivity index is 2.20. The highest BCUT2D eigenvalue weighted by molar-refractivity contribution is 5.10. The molecule has 11 heavy (non-hydrogen) atoms. The molecule has 0 aliphatic carbocycles. The summed E-state index contributed by atoms with van der Waals surface area (Å²) in [6, 6.07) is 0.595. The zero-order chi connectivity index (χ0) is 7.68. The van der Waals surface area contributed by atoms with Crippen LogP contribution in [0.15, 0.2) is 0 Å². The number of aromatic amines is 1. The minimum Gasteiger partial charge on any atom is -0.309 e. The van der Waals surface area contributed by atoms with Crippen LogP contribution in [0.5, 0.6) is 0 Å². The fraction of sp³-hybridized carbons (Fsp3) is 0.714. The van der Waals surface area contributed by atoms with Crippen molar-refractivity contribution in [2.45, 2.75) is 32.4 Å². The summed E-state index contributed by atoms with van der Waals surface area (Å²) in [6.45, 7) is 3.07. The molecule has 4 heteroatoms. The Morgan fingerprint density at radius 3 is 3.36 bits per heavy atom. The van der Waals surface area contributed by atoms with Gasteiger partial charge in [-0.25, -0.2) is 0 Å². The van der Waals surface area contributed by atoms with Gasteiger partial charge in [0.15, 0.2) is 0 Å². The molecule has 0 saturated carbocycles. The summed E-state index contributed by atoms with van der Waals surface area (Å²) in [4.78, 5) is 0. The first kappa shape index (κ1) is 6.79. The highest BCUT2D eigenvalue weighted by Crippen LogP contribution is 2.10. The van der Waals surface area contributed by atoms with Gasteiger partial charge < -0.3 is 5.32 Å². The number of nitrogens with zero attached hydrogens (tertiary/aromatic N) is 2. The van der Waals surface area contributed by atoms with Gasteiger partial charge in [-0.05, 0) is 19.8 Å². The third kappa shape index (κ3) is 1.26. The fourth-order valence-corrected chi connectivity index (χ4v) is 1.34. The molecule has 4 nitrogen and oxygen atoms in total. The number of fused-ring (bicyclic) bond motifs is 1. The maximum atomic E-state index is 4.01. The lowest BCUT2D eigenvalue weighted by molar-refractivity contribution is 0.526. The van der Waals surface area contributed by atoms with E-state index in [2.05, 4.69) is 27.7 Å². The summed E-state index contributed by atoms with van der Waals surface area (Å²) in [5.41, 5.74) is 2.27. The average molecular weight is 152 g/mol. The van der Waals surface area contributed by atoms with Gasteiger partial charge in [0, 0.05) is 12.6 Å². The Morgan fingerprint density at radius 2 is 2.45 bits per heavy atom. The van der Waals surface area contributed by atoms with Crippen molar-refractivity contribution in [3.63, 3.8) is 0 Å². The van der Waals surface area contributed by atoms with Crippen LogP contribution < -0.4 is 5.32 Å². The fourth-order valence-electron chi connectivity index (χ4n) is 1.34. The molecule has 0 fully saturated rings. The van der Waals surface area contributed by atoms with Crippen molar-refractivity contribution in [3.8, 4) is 0 Å². The van der Waals surface area contributed by atoms with Gasteiger partial charge in [-0.3, -0.25) is 5.10 Å². The molecule has 0 aromatic carbocycles. The van der Waals surface area contributed by atoms with Gasteiger partial charge in [-0.2, -0.15) is 0 Å². The second-order valence-corrected chi connectivity index (χ2v) is 3.06. The zero-order valence-corrected chi connectivity index (χ0v) is 6.59. The summed E-state index contributed by atoms with van der Waals surface area (Å²) in [5.74, 6) is 0. The normalized spacial score (nSPS) is 24.3. The second-order valence-electron chi connectivity index (χ2n) is 3.06. The molecule has 1 aliphatic heterocycles. The maximum absolute atomic E-state index is 4.01. The summed E-state index contributed by atoms with van der Waals surface area (Å²) in [7, 11) is 0. The van der Waals surface area contributed by atoms with Crippen LogP contribution >= 0.6 is 0 Å². The first-order valence-electron chi connectivity index (χ1n) is 3.98. The highest BCUT2D eigenvalue weighted by Gasteiger charge is 2.13. The van der Waals surface area contributed by atoms with Gasteiger partial charge >= 0.3 is 0 Å². The number of aromatic nitrogens is 3. The van der Waals surface area contributed by atoms with Crippen molar-refractivity contribution in [3.05, 3.63) is 11.4 Å². The topological polar surface area (TPSA) is 53.6 Å². The Labute approximate surface area is 65.4 Å². The molecular weight excluding hydrogens is 140 g/mol. The predicted molar refractivity (Wildman–Crippen MR) is 41.0 cm³/mol. The molecule has 1 atom stereocenters. The SMILES string of the molecule is CC1CCc2nn[nH]c2CN1. The number of H-pyrrole nitrogens is 1. The van der Waals surface area contributed by atoms with Crippen molar-refractivity contribution in [2.75, 3.05) is 0 Å². The van der Waals surface area contributed by atoms with Gasteiger partial charge in [0.2, 0.25) is 0 Å². The third-order valence-electron chi connectivity index (χ3n) is 2.15. The minimum absolute atomic E-state index is 0.595. The number of nitrogens with one attached hydrogen (secondary N) is 2. The first-order valence-corrected chi connectivity index (χ1v) is 3.98. The van der Waals surface area contributed by atoms with Crippen LogP contribution in [0.1, 0.15) is 24.7 Å². The van der Waals surface area contributed by atoms with Gasteiger partial charge in [0.05, 0.1) is 11.4 Å². The van der Waals surface area contributed by atoms with Crippen molar-refractivity contribution in [1.82, 2.24) is 20.7 Å². The summed E-state index contributed by atoms with van der Waals surface area (Å²) in [6.07, 6.45) is 2.19. The van der Waals surface area contributed by atoms with Crippen molar-refractivity contribution in [1.29, 1.82) is 0 Å². The number of aryl methyl sites for hydroxylation is 1. The molecule has 0 radical (unpaired) electrons. The Morgan fingerprint density at radius 1 is 1.55 bits per heavy atom. The monoisotopic (exact) mass is 152 g/mol. The van der Waals surface area contributed by atoms with E-state index in [1.807, 2.05) is 0 Å². The first-order chi connectivity index (χ1) is 5.36. The molecule has 1 aromatic rings. The van der Waals surface area contributed by atoms with E-state index in [9.17, 15) is 0 Å². The molecule has 2 N–H and O–H groups in total. The van der Waals surface area contributed by atoms with Crippen molar-refractivity contribution < 1.29 is 0 Å². The van der Waals surface area contributed by atoms with Gasteiger partial charge in [0.25, 0.3) is 0 Å². The number of hydrogen-bond acceptors (Lipinski definition) is 3. The van der Waals surface area contributed by atoms with E-state index in [-0.39, 0.29) is 0 Å². The minimum atomic E-state index is 0.595. The largest absolute Gasteiger partial charge is 0.309 e. The van der Waals surface area contributed by atoms with Crippen LogP contribution in [0.4, 0.5) is 0 Å². The lowest BCUT2D eigenvalue weighted by atomic mass is 10.1. The molecule has 2 rings (SSSR count). The molecule has 1 aliphatic rings. The second kappa shape index (κ2) is 2.62. The highest BCUT2D eigenvalue weighted by atomic mass is 15.3. The molecule has 1 unspecified atom stereocenters. The summed E-state index contributed by atoms with van der Waals surface area (Å²) < 4.78 is 0. The van der Waals surface area contributed by atoms with Gasteiger partial charge in [-0.15, -0.1) is 5.10 Å². The molecule has 0 bridgehead atoms. The van der Waals surface area contributed by atoms with Crippen molar-refractivity contribution >= 4 is 0 Å². The molecule has 0 amide bonds. The average Bonchev–Trinajstić information content (AvgIpc) is 2.38. The van der Waals surface area contributed by atoms with Crippen LogP contribution in [-0.2, 0) is 13.0 Å². The van der Waals surface area contributed by atoms with Gasteiger partial charge in [0.1, 0.15) is 0 Å². The Bertz CT molecular complexity index is 220. The molecular formula is C7H12N4. The van der Waals surface area contributed by atoms with Crippen LogP contribution in [0.3, 0.4) is 0 Å². The molecule has 2 heterocycles. The molecule has 1 aromatic heterocycles. The standard InChI is InChI=1S/C7H12N4/c1-5-2-3-6-7(4-8-5)10-11-9-6/h5,8H,2-4H2,1H3,(H,9,10,11). The third-order valence-corrected chi connectivity index (χ3v) is 2.15. The maximum Gasteiger partial charge on any atom is 0.0870 e. The van der Waals surface area contributed by atoms with Crippen molar-refractivity contribution in [2.24, 2.45) is 0 Å². The molecule has 0 saturated heterocycles. The summed E-state index contributed by atoms with van der Waals surface area (Å²) >= 11 is 0. The van der Waals surface area contributed by atoms with E-state index in [0.29, 0.717) is 6.04 Å². The number of rotatable bonds is 0. The van der Waals surface area contributed by atoms with E-state index in [1.165, 1.54) is 0 Å². The van der Waals surface area contributed by atoms with E-state index >= 15 is 0 Å². The molecule has 60 valence electrons.